The van der Waals surface area contributed by atoms with Crippen molar-refractivity contribution in [3.63, 3.8) is 0 Å². The van der Waals surface area contributed by atoms with Crippen molar-refractivity contribution in [2.75, 3.05) is 0 Å². The molecule has 0 amide bonds. The SMILES string of the molecule is OC(Cc1ccccc1Br)c1cn[nH]n1. The van der Waals surface area contributed by atoms with E-state index in [2.05, 4.69) is 31.3 Å². The Morgan fingerprint density at radius 1 is 1.40 bits per heavy atom. The lowest BCUT2D eigenvalue weighted by Gasteiger charge is -2.08. The van der Waals surface area contributed by atoms with Gasteiger partial charge in [0.05, 0.1) is 6.20 Å². The molecule has 0 aliphatic heterocycles. The van der Waals surface area contributed by atoms with E-state index in [0.29, 0.717) is 12.1 Å². The first kappa shape index (κ1) is 10.3. The van der Waals surface area contributed by atoms with E-state index in [0.717, 1.165) is 10.0 Å². The third-order valence-corrected chi connectivity index (χ3v) is 2.92. The van der Waals surface area contributed by atoms with E-state index in [1.807, 2.05) is 24.3 Å². The molecule has 0 bridgehead atoms. The Balaban J connectivity index is 2.13. The van der Waals surface area contributed by atoms with Gasteiger partial charge < -0.3 is 5.11 Å². The van der Waals surface area contributed by atoms with Crippen molar-refractivity contribution in [3.05, 3.63) is 46.2 Å². The summed E-state index contributed by atoms with van der Waals surface area (Å²) in [5.74, 6) is 0. The van der Waals surface area contributed by atoms with Gasteiger partial charge in [-0.05, 0) is 11.6 Å². The van der Waals surface area contributed by atoms with E-state index >= 15 is 0 Å². The molecule has 1 heterocycles. The molecular formula is C10H10BrN3O. The molecule has 78 valence electrons. The van der Waals surface area contributed by atoms with E-state index in [1.54, 1.807) is 0 Å². The number of benzene rings is 1. The first-order valence-electron chi connectivity index (χ1n) is 4.54. The Hall–Kier alpha value is -1.20. The summed E-state index contributed by atoms with van der Waals surface area (Å²) in [6.07, 6.45) is 1.43. The first-order valence-corrected chi connectivity index (χ1v) is 5.34. The zero-order valence-electron chi connectivity index (χ0n) is 7.89. The molecule has 1 unspecified atom stereocenters. The molecule has 2 aromatic rings. The molecule has 0 radical (unpaired) electrons. The van der Waals surface area contributed by atoms with Gasteiger partial charge in [-0.25, -0.2) is 0 Å². The summed E-state index contributed by atoms with van der Waals surface area (Å²) in [6.45, 7) is 0. The largest absolute Gasteiger partial charge is 0.386 e. The summed E-state index contributed by atoms with van der Waals surface area (Å²) in [7, 11) is 0. The second-order valence-electron chi connectivity index (χ2n) is 3.21. The summed E-state index contributed by atoms with van der Waals surface area (Å²) >= 11 is 3.43. The van der Waals surface area contributed by atoms with Crippen LogP contribution < -0.4 is 0 Å². The van der Waals surface area contributed by atoms with Crippen molar-refractivity contribution in [2.45, 2.75) is 12.5 Å². The third kappa shape index (κ3) is 2.43. The van der Waals surface area contributed by atoms with E-state index in [4.69, 9.17) is 0 Å². The maximum Gasteiger partial charge on any atom is 0.111 e. The summed E-state index contributed by atoms with van der Waals surface area (Å²) in [5, 5.41) is 19.8. The van der Waals surface area contributed by atoms with Crippen LogP contribution in [0.4, 0.5) is 0 Å². The Kier molecular flexibility index (Phi) is 3.13. The predicted octanol–water partition coefficient (Wildman–Crippen LogP) is 1.84. The number of aliphatic hydroxyl groups excluding tert-OH is 1. The normalized spacial score (nSPS) is 12.7. The minimum absolute atomic E-state index is 0.522. The monoisotopic (exact) mass is 267 g/mol. The molecule has 2 N–H and O–H groups in total. The molecule has 0 saturated heterocycles. The maximum atomic E-state index is 9.84. The van der Waals surface area contributed by atoms with Gasteiger partial charge in [0.1, 0.15) is 11.8 Å². The Bertz CT molecular complexity index is 430. The molecule has 2 rings (SSSR count). The van der Waals surface area contributed by atoms with Crippen LogP contribution >= 0.6 is 15.9 Å². The summed E-state index contributed by atoms with van der Waals surface area (Å²) in [6, 6.07) is 7.80. The van der Waals surface area contributed by atoms with Gasteiger partial charge in [-0.15, -0.1) is 0 Å². The number of nitrogens with zero attached hydrogens (tertiary/aromatic N) is 2. The molecule has 4 nitrogen and oxygen atoms in total. The van der Waals surface area contributed by atoms with E-state index in [1.165, 1.54) is 6.20 Å². The fourth-order valence-corrected chi connectivity index (χ4v) is 1.79. The van der Waals surface area contributed by atoms with Crippen LogP contribution in [0.15, 0.2) is 34.9 Å². The van der Waals surface area contributed by atoms with Gasteiger partial charge in [-0.1, -0.05) is 34.1 Å². The van der Waals surface area contributed by atoms with Gasteiger partial charge in [-0.3, -0.25) is 0 Å². The minimum Gasteiger partial charge on any atom is -0.386 e. The first-order chi connectivity index (χ1) is 7.27. The summed E-state index contributed by atoms with van der Waals surface area (Å²) < 4.78 is 0.993. The number of halogens is 1. The molecule has 0 fully saturated rings. The van der Waals surface area contributed by atoms with Crippen LogP contribution in [0.2, 0.25) is 0 Å². The number of hydrogen-bond acceptors (Lipinski definition) is 3. The minimum atomic E-state index is -0.623. The maximum absolute atomic E-state index is 9.84. The van der Waals surface area contributed by atoms with Gasteiger partial charge in [0.15, 0.2) is 0 Å². The predicted molar refractivity (Wildman–Crippen MR) is 59.2 cm³/mol. The van der Waals surface area contributed by atoms with E-state index in [9.17, 15) is 5.11 Å². The molecule has 5 heteroatoms. The average Bonchev–Trinajstić information content (AvgIpc) is 2.74. The van der Waals surface area contributed by atoms with Crippen LogP contribution in [0.5, 0.6) is 0 Å². The van der Waals surface area contributed by atoms with Gasteiger partial charge in [-0.2, -0.15) is 15.4 Å². The number of nitrogens with one attached hydrogen (secondary N) is 1. The van der Waals surface area contributed by atoms with Crippen molar-refractivity contribution in [3.8, 4) is 0 Å². The lowest BCUT2D eigenvalue weighted by atomic mass is 10.1. The number of aliphatic hydroxyl groups is 1. The van der Waals surface area contributed by atoms with Gasteiger partial charge in [0.2, 0.25) is 0 Å². The van der Waals surface area contributed by atoms with Crippen molar-refractivity contribution < 1.29 is 5.11 Å². The van der Waals surface area contributed by atoms with Crippen molar-refractivity contribution in [1.29, 1.82) is 0 Å². The highest BCUT2D eigenvalue weighted by atomic mass is 79.9. The molecule has 0 saturated carbocycles. The highest BCUT2D eigenvalue weighted by Gasteiger charge is 2.12. The standard InChI is InChI=1S/C10H10BrN3O/c11-8-4-2-1-3-7(8)5-10(15)9-6-12-14-13-9/h1-4,6,10,15H,5H2,(H,12,13,14). The number of H-pyrrole nitrogens is 1. The molecule has 0 spiro atoms. The van der Waals surface area contributed by atoms with E-state index in [-0.39, 0.29) is 0 Å². The number of aromatic nitrogens is 3. The highest BCUT2D eigenvalue weighted by Crippen LogP contribution is 2.22. The zero-order valence-corrected chi connectivity index (χ0v) is 9.48. The molecule has 1 aromatic heterocycles. The second-order valence-corrected chi connectivity index (χ2v) is 4.06. The Morgan fingerprint density at radius 3 is 2.87 bits per heavy atom. The molecule has 1 aromatic carbocycles. The lowest BCUT2D eigenvalue weighted by Crippen LogP contribution is -2.02. The quantitative estimate of drug-likeness (QED) is 0.892. The van der Waals surface area contributed by atoms with Crippen LogP contribution in [0.1, 0.15) is 17.4 Å². The zero-order chi connectivity index (χ0) is 10.7. The van der Waals surface area contributed by atoms with E-state index < -0.39 is 6.10 Å². The number of rotatable bonds is 3. The Morgan fingerprint density at radius 2 is 2.20 bits per heavy atom. The number of aromatic amines is 1. The fourth-order valence-electron chi connectivity index (χ4n) is 1.35. The van der Waals surface area contributed by atoms with Crippen LogP contribution in [0.25, 0.3) is 0 Å². The number of hydrogen-bond donors (Lipinski definition) is 2. The summed E-state index contributed by atoms with van der Waals surface area (Å²) in [4.78, 5) is 0. The fraction of sp³-hybridized carbons (Fsp3) is 0.200. The molecule has 0 aliphatic rings. The Labute approximate surface area is 95.5 Å². The molecule has 1 atom stereocenters. The van der Waals surface area contributed by atoms with Crippen LogP contribution in [-0.4, -0.2) is 20.5 Å². The van der Waals surface area contributed by atoms with Crippen molar-refractivity contribution in [1.82, 2.24) is 15.4 Å². The smallest absolute Gasteiger partial charge is 0.111 e. The van der Waals surface area contributed by atoms with Gasteiger partial charge in [0, 0.05) is 10.9 Å². The summed E-state index contributed by atoms with van der Waals surface area (Å²) in [5.41, 5.74) is 1.61. The van der Waals surface area contributed by atoms with Crippen molar-refractivity contribution in [2.24, 2.45) is 0 Å². The van der Waals surface area contributed by atoms with Crippen LogP contribution in [-0.2, 0) is 6.42 Å². The van der Waals surface area contributed by atoms with Crippen LogP contribution in [0.3, 0.4) is 0 Å². The molecule has 0 aliphatic carbocycles. The van der Waals surface area contributed by atoms with Crippen LogP contribution in [0, 0.1) is 0 Å². The lowest BCUT2D eigenvalue weighted by molar-refractivity contribution is 0.173. The highest BCUT2D eigenvalue weighted by molar-refractivity contribution is 9.10. The van der Waals surface area contributed by atoms with Crippen molar-refractivity contribution >= 4 is 15.9 Å². The van der Waals surface area contributed by atoms with Gasteiger partial charge in [0.25, 0.3) is 0 Å². The topological polar surface area (TPSA) is 61.8 Å². The molecular weight excluding hydrogens is 258 g/mol. The van der Waals surface area contributed by atoms with Gasteiger partial charge >= 0.3 is 0 Å². The third-order valence-electron chi connectivity index (χ3n) is 2.15. The second kappa shape index (κ2) is 4.55. The average molecular weight is 268 g/mol. The molecule has 15 heavy (non-hydrogen) atoms.